The quantitative estimate of drug-likeness (QED) is 0.339. The molecule has 0 unspecified atom stereocenters. The molecule has 206 valence electrons. The summed E-state index contributed by atoms with van der Waals surface area (Å²) >= 11 is 0. The van der Waals surface area contributed by atoms with E-state index in [2.05, 4.69) is 10.1 Å². The van der Waals surface area contributed by atoms with Gasteiger partial charge in [-0.05, 0) is 26.0 Å². The predicted octanol–water partition coefficient (Wildman–Crippen LogP) is 3.69. The van der Waals surface area contributed by atoms with Crippen LogP contribution in [0.5, 0.6) is 0 Å². The highest BCUT2D eigenvalue weighted by molar-refractivity contribution is 5.83. The molecule has 1 aliphatic heterocycles. The summed E-state index contributed by atoms with van der Waals surface area (Å²) in [4.78, 5) is 17.7. The van der Waals surface area contributed by atoms with E-state index in [1.807, 2.05) is 9.80 Å². The number of halogens is 4. The third-order valence-electron chi connectivity index (χ3n) is 6.66. The van der Waals surface area contributed by atoms with E-state index in [1.165, 1.54) is 50.6 Å². The van der Waals surface area contributed by atoms with Gasteiger partial charge in [-0.1, -0.05) is 6.07 Å². The molecule has 4 heterocycles. The second-order valence-corrected chi connectivity index (χ2v) is 10.0. The number of aromatic nitrogens is 5. The number of nitrogens with zero attached hydrogens (tertiary/aromatic N) is 7. The highest BCUT2D eigenvalue weighted by atomic mass is 19.3. The molecule has 1 fully saturated rings. The molecule has 4 aromatic rings. The van der Waals surface area contributed by atoms with Crippen molar-refractivity contribution in [2.45, 2.75) is 38.6 Å². The zero-order valence-corrected chi connectivity index (χ0v) is 21.3. The van der Waals surface area contributed by atoms with Crippen molar-refractivity contribution in [3.8, 4) is 11.3 Å². The molecule has 5 rings (SSSR count). The molecule has 3 aromatic heterocycles. The molecule has 0 aliphatic carbocycles. The number of benzene rings is 1. The van der Waals surface area contributed by atoms with Gasteiger partial charge in [0.1, 0.15) is 28.9 Å². The summed E-state index contributed by atoms with van der Waals surface area (Å²) in [5.41, 5.74) is 0.554. The maximum absolute atomic E-state index is 14.1. The Labute approximate surface area is 221 Å². The van der Waals surface area contributed by atoms with Crippen LogP contribution in [0.25, 0.3) is 22.3 Å². The van der Waals surface area contributed by atoms with Crippen molar-refractivity contribution in [1.82, 2.24) is 29.6 Å². The molecule has 13 heteroatoms. The van der Waals surface area contributed by atoms with Gasteiger partial charge in [0.05, 0.1) is 29.2 Å². The average molecular weight is 546 g/mol. The van der Waals surface area contributed by atoms with Crippen LogP contribution in [0.15, 0.2) is 42.9 Å². The molecule has 0 bridgehead atoms. The number of alkyl halides is 2. The molecule has 9 nitrogen and oxygen atoms in total. The highest BCUT2D eigenvalue weighted by Gasteiger charge is 2.29. The maximum atomic E-state index is 14.1. The van der Waals surface area contributed by atoms with E-state index in [1.54, 1.807) is 0 Å². The predicted molar refractivity (Wildman–Crippen MR) is 135 cm³/mol. The molecule has 39 heavy (non-hydrogen) atoms. The minimum Gasteiger partial charge on any atom is -0.387 e. The Hall–Kier alpha value is -3.68. The fourth-order valence-corrected chi connectivity index (χ4v) is 4.47. The molecule has 0 spiro atoms. The normalized spacial score (nSPS) is 15.9. The van der Waals surface area contributed by atoms with Crippen molar-refractivity contribution in [3.63, 3.8) is 0 Å². The molecular formula is C26H27F4N7O2. The Morgan fingerprint density at radius 2 is 1.74 bits per heavy atom. The third kappa shape index (κ3) is 5.70. The summed E-state index contributed by atoms with van der Waals surface area (Å²) < 4.78 is 54.5. The van der Waals surface area contributed by atoms with E-state index < -0.39 is 29.9 Å². The number of fused-ring (bicyclic) bond motifs is 1. The zero-order valence-electron chi connectivity index (χ0n) is 21.3. The van der Waals surface area contributed by atoms with Gasteiger partial charge in [0.25, 0.3) is 0 Å². The van der Waals surface area contributed by atoms with Crippen molar-refractivity contribution in [2.24, 2.45) is 0 Å². The summed E-state index contributed by atoms with van der Waals surface area (Å²) in [6, 6.07) is 5.03. The van der Waals surface area contributed by atoms with E-state index in [-0.39, 0.29) is 5.69 Å². The Kier molecular flexibility index (Phi) is 7.23. The summed E-state index contributed by atoms with van der Waals surface area (Å²) in [5, 5.41) is 24.4. The second kappa shape index (κ2) is 10.5. The molecule has 1 saturated heterocycles. The maximum Gasteiger partial charge on any atom is 0.333 e. The van der Waals surface area contributed by atoms with E-state index in [4.69, 9.17) is 9.97 Å². The number of hydrogen-bond acceptors (Lipinski definition) is 8. The minimum atomic E-state index is -2.83. The van der Waals surface area contributed by atoms with Gasteiger partial charge in [-0.3, -0.25) is 9.88 Å². The van der Waals surface area contributed by atoms with Gasteiger partial charge in [-0.15, -0.1) is 0 Å². The topological polar surface area (TPSA) is 103 Å². The van der Waals surface area contributed by atoms with Crippen LogP contribution in [0.1, 0.15) is 37.8 Å². The van der Waals surface area contributed by atoms with Crippen LogP contribution in [0.2, 0.25) is 0 Å². The minimum absolute atomic E-state index is 0.188. The smallest absolute Gasteiger partial charge is 0.333 e. The zero-order chi connectivity index (χ0) is 27.9. The molecule has 0 amide bonds. The Balaban J connectivity index is 1.46. The molecule has 1 aliphatic rings. The molecular weight excluding hydrogens is 518 g/mol. The van der Waals surface area contributed by atoms with Crippen molar-refractivity contribution in [2.75, 3.05) is 31.1 Å². The Morgan fingerprint density at radius 1 is 1.00 bits per heavy atom. The van der Waals surface area contributed by atoms with E-state index >= 15 is 0 Å². The summed E-state index contributed by atoms with van der Waals surface area (Å²) in [6.07, 6.45) is 2.63. The van der Waals surface area contributed by atoms with Crippen molar-refractivity contribution >= 4 is 16.9 Å². The van der Waals surface area contributed by atoms with Gasteiger partial charge < -0.3 is 15.1 Å². The summed E-state index contributed by atoms with van der Waals surface area (Å²) in [6.45, 7) is 2.45. The van der Waals surface area contributed by atoms with Gasteiger partial charge in [-0.25, -0.2) is 23.4 Å². The van der Waals surface area contributed by atoms with Gasteiger partial charge >= 0.3 is 6.55 Å². The number of piperazine rings is 1. The Bertz CT molecular complexity index is 1480. The van der Waals surface area contributed by atoms with Gasteiger partial charge in [-0.2, -0.15) is 13.9 Å². The largest absolute Gasteiger partial charge is 0.387 e. The third-order valence-corrected chi connectivity index (χ3v) is 6.66. The molecule has 0 saturated carbocycles. The van der Waals surface area contributed by atoms with Crippen LogP contribution < -0.4 is 4.90 Å². The van der Waals surface area contributed by atoms with Crippen LogP contribution in [0, 0.1) is 11.6 Å². The first-order valence-electron chi connectivity index (χ1n) is 12.3. The van der Waals surface area contributed by atoms with Crippen molar-refractivity contribution in [1.29, 1.82) is 0 Å². The summed E-state index contributed by atoms with van der Waals surface area (Å²) in [5.74, 6) is -0.783. The lowest BCUT2D eigenvalue weighted by Crippen LogP contribution is -2.46. The van der Waals surface area contributed by atoms with Crippen LogP contribution in [0.4, 0.5) is 23.4 Å². The molecule has 1 atom stereocenters. The van der Waals surface area contributed by atoms with Crippen LogP contribution in [-0.2, 0) is 6.54 Å². The lowest BCUT2D eigenvalue weighted by atomic mass is 9.98. The highest BCUT2D eigenvalue weighted by Crippen LogP contribution is 2.32. The Morgan fingerprint density at radius 3 is 2.38 bits per heavy atom. The second-order valence-electron chi connectivity index (χ2n) is 10.0. The number of hydrogen-bond donors (Lipinski definition) is 2. The van der Waals surface area contributed by atoms with E-state index in [0.717, 1.165) is 6.07 Å². The number of rotatable bonds is 7. The van der Waals surface area contributed by atoms with Crippen LogP contribution in [0.3, 0.4) is 0 Å². The lowest BCUT2D eigenvalue weighted by Gasteiger charge is -2.36. The first kappa shape index (κ1) is 26.9. The van der Waals surface area contributed by atoms with Gasteiger partial charge in [0.2, 0.25) is 0 Å². The monoisotopic (exact) mass is 545 g/mol. The van der Waals surface area contributed by atoms with Crippen LogP contribution in [-0.4, -0.2) is 71.6 Å². The standard InChI is InChI=1S/C26H27F4N7O2/c1-26(2,39)23(38)20-10-19-21(12-31-20)34-24(22(33-19)16-11-32-37(14-16)25(29)30)36-7-5-35(6-8-36)13-15-3-4-17(27)9-18(15)28/h3-4,9-12,14,23,25,38-39H,5-8,13H2,1-2H3/t23-/m0/s1. The molecule has 1 aromatic carbocycles. The number of anilines is 1. The van der Waals surface area contributed by atoms with E-state index in [9.17, 15) is 27.8 Å². The first-order chi connectivity index (χ1) is 18.5. The van der Waals surface area contributed by atoms with Gasteiger partial charge in [0, 0.05) is 56.1 Å². The molecule has 0 radical (unpaired) electrons. The van der Waals surface area contributed by atoms with Crippen molar-refractivity contribution < 1.29 is 27.8 Å². The SMILES string of the molecule is CC(C)(O)[C@@H](O)c1cc2nc(-c3cnn(C(F)F)c3)c(N3CCN(Cc4ccc(F)cc4F)CC3)nc2cn1. The fraction of sp³-hybridized carbons (Fsp3) is 0.385. The van der Waals surface area contributed by atoms with Crippen molar-refractivity contribution in [3.05, 3.63) is 65.7 Å². The van der Waals surface area contributed by atoms with E-state index in [0.29, 0.717) is 71.1 Å². The number of aliphatic hydroxyl groups excluding tert-OH is 1. The van der Waals surface area contributed by atoms with Crippen LogP contribution >= 0.6 is 0 Å². The van der Waals surface area contributed by atoms with Gasteiger partial charge in [0.15, 0.2) is 5.82 Å². The average Bonchev–Trinajstić information content (AvgIpc) is 3.39. The first-order valence-corrected chi connectivity index (χ1v) is 12.3. The lowest BCUT2D eigenvalue weighted by molar-refractivity contribution is -0.0516. The summed E-state index contributed by atoms with van der Waals surface area (Å²) in [7, 11) is 0. The number of aliphatic hydroxyl groups is 2. The number of pyridine rings is 1. The molecule has 2 N–H and O–H groups in total. The fourth-order valence-electron chi connectivity index (χ4n) is 4.47.